The van der Waals surface area contributed by atoms with E-state index in [1.54, 1.807) is 6.07 Å². The van der Waals surface area contributed by atoms with Crippen molar-refractivity contribution >= 4 is 17.5 Å². The summed E-state index contributed by atoms with van der Waals surface area (Å²) in [6, 6.07) is 5.43. The van der Waals surface area contributed by atoms with Crippen LogP contribution in [0.2, 0.25) is 5.22 Å². The van der Waals surface area contributed by atoms with E-state index in [1.807, 2.05) is 29.1 Å². The molecule has 0 saturated carbocycles. The van der Waals surface area contributed by atoms with E-state index in [4.69, 9.17) is 16.0 Å². The molecule has 0 fully saturated rings. The van der Waals surface area contributed by atoms with Crippen LogP contribution in [-0.2, 0) is 6.54 Å². The molecule has 0 unspecified atom stereocenters. The van der Waals surface area contributed by atoms with E-state index in [-0.39, 0.29) is 11.1 Å². The van der Waals surface area contributed by atoms with Gasteiger partial charge in [-0.15, -0.1) is 0 Å². The largest absolute Gasteiger partial charge is 0.452 e. The SMILES string of the molecule is O=C(NCCn1cccc1)c1ccoc1Cl. The van der Waals surface area contributed by atoms with E-state index < -0.39 is 0 Å². The van der Waals surface area contributed by atoms with Gasteiger partial charge in [-0.1, -0.05) is 0 Å². The number of nitrogens with one attached hydrogen (secondary N) is 1. The highest BCUT2D eigenvalue weighted by molar-refractivity contribution is 6.32. The minimum atomic E-state index is -0.217. The van der Waals surface area contributed by atoms with Gasteiger partial charge in [0.05, 0.1) is 11.8 Å². The summed E-state index contributed by atoms with van der Waals surface area (Å²) in [6.45, 7) is 1.28. The lowest BCUT2D eigenvalue weighted by atomic mass is 10.3. The monoisotopic (exact) mass is 238 g/mol. The molecule has 2 aromatic rings. The number of furan rings is 1. The Morgan fingerprint density at radius 2 is 2.19 bits per heavy atom. The molecule has 16 heavy (non-hydrogen) atoms. The minimum absolute atomic E-state index is 0.124. The van der Waals surface area contributed by atoms with Crippen molar-refractivity contribution in [1.29, 1.82) is 0 Å². The number of rotatable bonds is 4. The molecular weight excluding hydrogens is 228 g/mol. The lowest BCUT2D eigenvalue weighted by Gasteiger charge is -2.04. The molecular formula is C11H11ClN2O2. The summed E-state index contributed by atoms with van der Waals surface area (Å²) >= 11 is 5.68. The third-order valence-corrected chi connectivity index (χ3v) is 2.48. The lowest BCUT2D eigenvalue weighted by Crippen LogP contribution is -2.26. The Labute approximate surface area is 97.8 Å². The fraction of sp³-hybridized carbons (Fsp3) is 0.182. The summed E-state index contributed by atoms with van der Waals surface area (Å²) < 4.78 is 6.82. The van der Waals surface area contributed by atoms with Crippen molar-refractivity contribution in [2.75, 3.05) is 6.54 Å². The number of carbonyl (C=O) groups is 1. The van der Waals surface area contributed by atoms with Gasteiger partial charge in [-0.25, -0.2) is 0 Å². The first-order chi connectivity index (χ1) is 7.77. The Balaban J connectivity index is 1.83. The van der Waals surface area contributed by atoms with E-state index in [0.717, 1.165) is 6.54 Å². The maximum atomic E-state index is 11.6. The highest BCUT2D eigenvalue weighted by Gasteiger charge is 2.11. The maximum Gasteiger partial charge on any atom is 0.256 e. The second-order valence-corrected chi connectivity index (χ2v) is 3.63. The molecule has 2 heterocycles. The molecule has 1 N–H and O–H groups in total. The number of aromatic nitrogens is 1. The third kappa shape index (κ3) is 2.46. The van der Waals surface area contributed by atoms with E-state index in [1.165, 1.54) is 6.26 Å². The second-order valence-electron chi connectivity index (χ2n) is 3.28. The summed E-state index contributed by atoms with van der Waals surface area (Å²) in [5.74, 6) is -0.217. The van der Waals surface area contributed by atoms with E-state index in [9.17, 15) is 4.79 Å². The standard InChI is InChI=1S/C11H11ClN2O2/c12-10-9(3-8-16-10)11(15)13-4-7-14-5-1-2-6-14/h1-3,5-6,8H,4,7H2,(H,13,15). The van der Waals surface area contributed by atoms with Crippen LogP contribution in [0.15, 0.2) is 41.3 Å². The second kappa shape index (κ2) is 4.90. The number of carbonyl (C=O) groups excluding carboxylic acids is 1. The number of hydrogen-bond acceptors (Lipinski definition) is 2. The molecule has 0 spiro atoms. The Morgan fingerprint density at radius 3 is 2.81 bits per heavy atom. The van der Waals surface area contributed by atoms with Gasteiger partial charge in [-0.3, -0.25) is 4.79 Å². The molecule has 0 aliphatic carbocycles. The first-order valence-corrected chi connectivity index (χ1v) is 5.27. The van der Waals surface area contributed by atoms with Gasteiger partial charge in [0.15, 0.2) is 0 Å². The summed E-state index contributed by atoms with van der Waals surface area (Å²) in [4.78, 5) is 11.6. The van der Waals surface area contributed by atoms with Crippen molar-refractivity contribution in [3.63, 3.8) is 0 Å². The third-order valence-electron chi connectivity index (χ3n) is 2.18. The summed E-state index contributed by atoms with van der Waals surface area (Å²) in [7, 11) is 0. The molecule has 0 aliphatic heterocycles. The van der Waals surface area contributed by atoms with Gasteiger partial charge in [-0.05, 0) is 29.8 Å². The first kappa shape index (κ1) is 10.8. The predicted molar refractivity (Wildman–Crippen MR) is 60.5 cm³/mol. The van der Waals surface area contributed by atoms with Crippen LogP contribution in [0.3, 0.4) is 0 Å². The molecule has 84 valence electrons. The van der Waals surface area contributed by atoms with Crippen molar-refractivity contribution in [2.45, 2.75) is 6.54 Å². The molecule has 0 aliphatic rings. The molecule has 5 heteroatoms. The fourth-order valence-electron chi connectivity index (χ4n) is 1.37. The smallest absolute Gasteiger partial charge is 0.256 e. The predicted octanol–water partition coefficient (Wildman–Crippen LogP) is 2.16. The van der Waals surface area contributed by atoms with Crippen molar-refractivity contribution in [1.82, 2.24) is 9.88 Å². The van der Waals surface area contributed by atoms with Gasteiger partial charge in [0, 0.05) is 25.5 Å². The van der Waals surface area contributed by atoms with Crippen molar-refractivity contribution < 1.29 is 9.21 Å². The molecule has 4 nitrogen and oxygen atoms in total. The van der Waals surface area contributed by atoms with Crippen molar-refractivity contribution in [2.24, 2.45) is 0 Å². The Morgan fingerprint density at radius 1 is 1.44 bits per heavy atom. The number of hydrogen-bond donors (Lipinski definition) is 1. The van der Waals surface area contributed by atoms with Crippen LogP contribution < -0.4 is 5.32 Å². The molecule has 2 rings (SSSR count). The van der Waals surface area contributed by atoms with Gasteiger partial charge >= 0.3 is 0 Å². The van der Waals surface area contributed by atoms with Gasteiger partial charge in [0.25, 0.3) is 5.91 Å². The van der Waals surface area contributed by atoms with Crippen LogP contribution in [0.5, 0.6) is 0 Å². The van der Waals surface area contributed by atoms with Crippen LogP contribution in [0.1, 0.15) is 10.4 Å². The summed E-state index contributed by atoms with van der Waals surface area (Å²) in [5.41, 5.74) is 0.370. The highest BCUT2D eigenvalue weighted by Crippen LogP contribution is 2.15. The molecule has 1 amide bonds. The zero-order valence-corrected chi connectivity index (χ0v) is 9.28. The minimum Gasteiger partial charge on any atom is -0.452 e. The van der Waals surface area contributed by atoms with Crippen LogP contribution in [0, 0.1) is 0 Å². The van der Waals surface area contributed by atoms with Crippen LogP contribution in [-0.4, -0.2) is 17.0 Å². The molecule has 2 aromatic heterocycles. The fourth-order valence-corrected chi connectivity index (χ4v) is 1.57. The van der Waals surface area contributed by atoms with Crippen LogP contribution >= 0.6 is 11.6 Å². The van der Waals surface area contributed by atoms with Crippen LogP contribution in [0.4, 0.5) is 0 Å². The average Bonchev–Trinajstić information content (AvgIpc) is 2.88. The van der Waals surface area contributed by atoms with E-state index in [2.05, 4.69) is 5.32 Å². The number of amides is 1. The average molecular weight is 239 g/mol. The zero-order chi connectivity index (χ0) is 11.4. The topological polar surface area (TPSA) is 47.2 Å². The van der Waals surface area contributed by atoms with E-state index >= 15 is 0 Å². The van der Waals surface area contributed by atoms with Gasteiger partial charge in [0.1, 0.15) is 0 Å². The van der Waals surface area contributed by atoms with Gasteiger partial charge < -0.3 is 14.3 Å². The molecule has 0 atom stereocenters. The van der Waals surface area contributed by atoms with Gasteiger partial charge in [-0.2, -0.15) is 0 Å². The molecule has 0 radical (unpaired) electrons. The lowest BCUT2D eigenvalue weighted by molar-refractivity contribution is 0.0952. The quantitative estimate of drug-likeness (QED) is 0.887. The normalized spacial score (nSPS) is 10.3. The molecule has 0 aromatic carbocycles. The zero-order valence-electron chi connectivity index (χ0n) is 8.52. The Kier molecular flexibility index (Phi) is 3.31. The molecule has 0 bridgehead atoms. The van der Waals surface area contributed by atoms with Crippen molar-refractivity contribution in [3.8, 4) is 0 Å². The number of halogens is 1. The van der Waals surface area contributed by atoms with Crippen molar-refractivity contribution in [3.05, 3.63) is 47.6 Å². The van der Waals surface area contributed by atoms with Gasteiger partial charge in [0.2, 0.25) is 5.22 Å². The Hall–Kier alpha value is -1.68. The number of nitrogens with zero attached hydrogens (tertiary/aromatic N) is 1. The Bertz CT molecular complexity index is 462. The maximum absolute atomic E-state index is 11.6. The summed E-state index contributed by atoms with van der Waals surface area (Å²) in [5, 5.41) is 2.88. The molecule has 0 saturated heterocycles. The highest BCUT2D eigenvalue weighted by atomic mass is 35.5. The summed E-state index contributed by atoms with van der Waals surface area (Å²) in [6.07, 6.45) is 5.27. The first-order valence-electron chi connectivity index (χ1n) is 4.89. The van der Waals surface area contributed by atoms with E-state index in [0.29, 0.717) is 12.1 Å². The van der Waals surface area contributed by atoms with Crippen LogP contribution in [0.25, 0.3) is 0 Å².